The lowest BCUT2D eigenvalue weighted by Gasteiger charge is -2.02. The van der Waals surface area contributed by atoms with E-state index in [1.807, 2.05) is 55.5 Å². The smallest absolute Gasteiger partial charge is 0.309 e. The van der Waals surface area contributed by atoms with Gasteiger partial charge in [-0.1, -0.05) is 48.5 Å². The summed E-state index contributed by atoms with van der Waals surface area (Å²) in [5, 5.41) is 0. The molecule has 22 heavy (non-hydrogen) atoms. The minimum Gasteiger partial charge on any atom is -0.469 e. The normalized spacial score (nSPS) is 9.23. The first-order chi connectivity index (χ1) is 10.5. The summed E-state index contributed by atoms with van der Waals surface area (Å²) >= 11 is 0. The van der Waals surface area contributed by atoms with Crippen molar-refractivity contribution < 1.29 is 19.1 Å². The molecule has 0 saturated heterocycles. The molecule has 4 heteroatoms. The van der Waals surface area contributed by atoms with E-state index in [1.54, 1.807) is 6.07 Å². The number of rotatable bonds is 3. The van der Waals surface area contributed by atoms with Gasteiger partial charge in [0, 0.05) is 6.92 Å². The van der Waals surface area contributed by atoms with Crippen molar-refractivity contribution in [1.82, 2.24) is 0 Å². The summed E-state index contributed by atoms with van der Waals surface area (Å²) in [7, 11) is 1.39. The number of hydrogen-bond donors (Lipinski definition) is 0. The summed E-state index contributed by atoms with van der Waals surface area (Å²) in [6.45, 7) is 3.30. The van der Waals surface area contributed by atoms with E-state index >= 15 is 0 Å². The quantitative estimate of drug-likeness (QED) is 0.644. The molecule has 0 radical (unpaired) electrons. The molecule has 0 atom stereocenters. The van der Waals surface area contributed by atoms with E-state index in [2.05, 4.69) is 4.74 Å². The number of carbonyl (C=O) groups is 2. The number of esters is 2. The predicted molar refractivity (Wildman–Crippen MR) is 84.7 cm³/mol. The van der Waals surface area contributed by atoms with Crippen LogP contribution in [0.25, 0.3) is 0 Å². The number of ether oxygens (including phenoxy) is 2. The van der Waals surface area contributed by atoms with Gasteiger partial charge in [-0.3, -0.25) is 9.59 Å². The van der Waals surface area contributed by atoms with E-state index in [-0.39, 0.29) is 11.9 Å². The third-order valence-electron chi connectivity index (χ3n) is 2.77. The SMILES string of the molecule is CC(=O)Oc1ccccc1C.COC(=O)Cc1ccccc1. The molecule has 116 valence electrons. The molecule has 2 rings (SSSR count). The van der Waals surface area contributed by atoms with Crippen LogP contribution in [-0.4, -0.2) is 19.0 Å². The maximum atomic E-state index is 10.8. The lowest BCUT2D eigenvalue weighted by Crippen LogP contribution is -2.03. The van der Waals surface area contributed by atoms with Crippen molar-refractivity contribution >= 4 is 11.9 Å². The van der Waals surface area contributed by atoms with Crippen LogP contribution in [0.1, 0.15) is 18.1 Å². The van der Waals surface area contributed by atoms with Crippen LogP contribution in [0.2, 0.25) is 0 Å². The fourth-order valence-corrected chi connectivity index (χ4v) is 1.66. The second kappa shape index (κ2) is 9.34. The Morgan fingerprint density at radius 1 is 0.955 bits per heavy atom. The zero-order valence-corrected chi connectivity index (χ0v) is 13.0. The molecule has 4 nitrogen and oxygen atoms in total. The van der Waals surface area contributed by atoms with E-state index in [0.29, 0.717) is 12.2 Å². The largest absolute Gasteiger partial charge is 0.469 e. The lowest BCUT2D eigenvalue weighted by molar-refractivity contribution is -0.139. The minimum absolute atomic E-state index is 0.198. The van der Waals surface area contributed by atoms with Crippen molar-refractivity contribution in [2.24, 2.45) is 0 Å². The number of aryl methyl sites for hydroxylation is 1. The predicted octanol–water partition coefficient (Wildman–Crippen LogP) is 3.32. The topological polar surface area (TPSA) is 52.6 Å². The minimum atomic E-state index is -0.278. The van der Waals surface area contributed by atoms with Crippen LogP contribution >= 0.6 is 0 Å². The van der Waals surface area contributed by atoms with Gasteiger partial charge in [-0.15, -0.1) is 0 Å². The Balaban J connectivity index is 0.000000220. The van der Waals surface area contributed by atoms with Gasteiger partial charge in [0.05, 0.1) is 13.5 Å². The second-order valence-corrected chi connectivity index (χ2v) is 4.60. The first-order valence-corrected chi connectivity index (χ1v) is 6.87. The van der Waals surface area contributed by atoms with Crippen molar-refractivity contribution in [2.45, 2.75) is 20.3 Å². The number of carbonyl (C=O) groups excluding carboxylic acids is 2. The Morgan fingerprint density at radius 2 is 1.55 bits per heavy atom. The lowest BCUT2D eigenvalue weighted by atomic mass is 10.2. The summed E-state index contributed by atoms with van der Waals surface area (Å²) in [6, 6.07) is 16.9. The molecule has 0 aliphatic rings. The third-order valence-corrected chi connectivity index (χ3v) is 2.77. The van der Waals surface area contributed by atoms with Gasteiger partial charge in [0.1, 0.15) is 5.75 Å². The molecule has 0 spiro atoms. The monoisotopic (exact) mass is 300 g/mol. The standard InChI is InChI=1S/2C9H10O2/c1-7-5-3-4-6-9(7)11-8(2)10;1-11-9(10)7-8-5-3-2-4-6-8/h3-6H,1-2H3;2-6H,7H2,1H3. The Labute approximate surface area is 130 Å². The van der Waals surface area contributed by atoms with Crippen molar-refractivity contribution in [2.75, 3.05) is 7.11 Å². The highest BCUT2D eigenvalue weighted by Gasteiger charge is 2.00. The van der Waals surface area contributed by atoms with Gasteiger partial charge in [-0.2, -0.15) is 0 Å². The molecule has 0 fully saturated rings. The molecule has 0 bridgehead atoms. The van der Waals surface area contributed by atoms with Crippen molar-refractivity contribution in [1.29, 1.82) is 0 Å². The molecule has 0 amide bonds. The molecule has 0 N–H and O–H groups in total. The molecule has 0 unspecified atom stereocenters. The van der Waals surface area contributed by atoms with Crippen LogP contribution in [0.5, 0.6) is 5.75 Å². The Kier molecular flexibility index (Phi) is 7.40. The zero-order valence-electron chi connectivity index (χ0n) is 13.0. The molecule has 0 aromatic heterocycles. The van der Waals surface area contributed by atoms with Crippen molar-refractivity contribution in [3.05, 3.63) is 65.7 Å². The summed E-state index contributed by atoms with van der Waals surface area (Å²) in [5.41, 5.74) is 1.96. The zero-order chi connectivity index (χ0) is 16.4. The molecule has 0 heterocycles. The molecule has 2 aromatic rings. The molecular weight excluding hydrogens is 280 g/mol. The molecular formula is C18H20O4. The van der Waals surface area contributed by atoms with Gasteiger partial charge < -0.3 is 9.47 Å². The Hall–Kier alpha value is -2.62. The fourth-order valence-electron chi connectivity index (χ4n) is 1.66. The average molecular weight is 300 g/mol. The second-order valence-electron chi connectivity index (χ2n) is 4.60. The Morgan fingerprint density at radius 3 is 2.09 bits per heavy atom. The van der Waals surface area contributed by atoms with Gasteiger partial charge in [0.15, 0.2) is 0 Å². The van der Waals surface area contributed by atoms with Gasteiger partial charge in [-0.05, 0) is 24.1 Å². The van der Waals surface area contributed by atoms with Gasteiger partial charge in [0.25, 0.3) is 0 Å². The summed E-state index contributed by atoms with van der Waals surface area (Å²) in [5.74, 6) is 0.163. The van der Waals surface area contributed by atoms with Crippen LogP contribution in [0.15, 0.2) is 54.6 Å². The van der Waals surface area contributed by atoms with Crippen LogP contribution in [-0.2, 0) is 20.7 Å². The van der Waals surface area contributed by atoms with E-state index in [9.17, 15) is 9.59 Å². The van der Waals surface area contributed by atoms with Gasteiger partial charge >= 0.3 is 11.9 Å². The van der Waals surface area contributed by atoms with E-state index in [4.69, 9.17) is 4.74 Å². The molecule has 2 aromatic carbocycles. The maximum Gasteiger partial charge on any atom is 0.309 e. The summed E-state index contributed by atoms with van der Waals surface area (Å²) in [6.07, 6.45) is 0.358. The highest BCUT2D eigenvalue weighted by molar-refractivity contribution is 5.72. The van der Waals surface area contributed by atoms with Crippen molar-refractivity contribution in [3.8, 4) is 5.75 Å². The summed E-state index contributed by atoms with van der Waals surface area (Å²) in [4.78, 5) is 21.3. The number of hydrogen-bond acceptors (Lipinski definition) is 4. The van der Waals surface area contributed by atoms with Crippen molar-refractivity contribution in [3.63, 3.8) is 0 Å². The van der Waals surface area contributed by atoms with Gasteiger partial charge in [0.2, 0.25) is 0 Å². The van der Waals surface area contributed by atoms with Crippen LogP contribution in [0.4, 0.5) is 0 Å². The van der Waals surface area contributed by atoms with E-state index in [1.165, 1.54) is 14.0 Å². The number of benzene rings is 2. The Bertz CT molecular complexity index is 605. The van der Waals surface area contributed by atoms with Gasteiger partial charge in [-0.25, -0.2) is 0 Å². The summed E-state index contributed by atoms with van der Waals surface area (Å²) < 4.78 is 9.42. The average Bonchev–Trinajstić information content (AvgIpc) is 2.51. The first-order valence-electron chi connectivity index (χ1n) is 6.87. The van der Waals surface area contributed by atoms with Crippen LogP contribution in [0.3, 0.4) is 0 Å². The number of para-hydroxylation sites is 1. The van der Waals surface area contributed by atoms with E-state index in [0.717, 1.165) is 11.1 Å². The maximum absolute atomic E-state index is 10.8. The number of methoxy groups -OCH3 is 1. The molecule has 0 aliphatic heterocycles. The van der Waals surface area contributed by atoms with E-state index < -0.39 is 0 Å². The third kappa shape index (κ3) is 6.70. The highest BCUT2D eigenvalue weighted by atomic mass is 16.5. The fraction of sp³-hybridized carbons (Fsp3) is 0.222. The van der Waals surface area contributed by atoms with Crippen LogP contribution in [0, 0.1) is 6.92 Å². The van der Waals surface area contributed by atoms with Crippen LogP contribution < -0.4 is 4.74 Å². The molecule has 0 aliphatic carbocycles. The molecule has 0 saturated carbocycles. The highest BCUT2D eigenvalue weighted by Crippen LogP contribution is 2.15. The first kappa shape index (κ1) is 17.4.